The topological polar surface area (TPSA) is 151 Å². The van der Waals surface area contributed by atoms with Crippen LogP contribution in [-0.4, -0.2) is 73.1 Å². The van der Waals surface area contributed by atoms with E-state index in [0.29, 0.717) is 41.6 Å². The Balaban J connectivity index is 0.000000784. The van der Waals surface area contributed by atoms with Gasteiger partial charge < -0.3 is 30.6 Å². The van der Waals surface area contributed by atoms with Gasteiger partial charge in [0.15, 0.2) is 5.65 Å². The summed E-state index contributed by atoms with van der Waals surface area (Å²) in [6.45, 7) is 6.24. The van der Waals surface area contributed by atoms with E-state index in [4.69, 9.17) is 15.6 Å². The molecule has 0 aliphatic carbocycles. The van der Waals surface area contributed by atoms with Crippen LogP contribution in [0, 0.1) is 5.82 Å². The lowest BCUT2D eigenvalue weighted by Gasteiger charge is -2.10. The number of benzene rings is 2. The van der Waals surface area contributed by atoms with E-state index in [1.807, 2.05) is 56.5 Å². The third-order valence-corrected chi connectivity index (χ3v) is 6.62. The van der Waals surface area contributed by atoms with Crippen molar-refractivity contribution in [3.05, 3.63) is 84.1 Å². The molecule has 47 heavy (non-hydrogen) atoms. The molecule has 0 saturated carbocycles. The maximum atomic E-state index is 13.7. The van der Waals surface area contributed by atoms with Crippen LogP contribution in [0.15, 0.2) is 72.1 Å². The molecule has 0 atom stereocenters. The minimum atomic E-state index is -0.513. The lowest BCUT2D eigenvalue weighted by atomic mass is 10.1. The van der Waals surface area contributed by atoms with E-state index in [2.05, 4.69) is 35.1 Å². The van der Waals surface area contributed by atoms with Gasteiger partial charge in [-0.25, -0.2) is 19.0 Å². The predicted octanol–water partition coefficient (Wildman–Crippen LogP) is 5.22. The molecule has 5 rings (SSSR count). The largest absolute Gasteiger partial charge is 0.496 e. The number of rotatable bonds is 8. The zero-order valence-corrected chi connectivity index (χ0v) is 27.5. The summed E-state index contributed by atoms with van der Waals surface area (Å²) in [6, 6.07) is 11.4. The molecule has 12 nitrogen and oxygen atoms in total. The van der Waals surface area contributed by atoms with E-state index in [0.717, 1.165) is 42.3 Å². The van der Waals surface area contributed by atoms with Gasteiger partial charge >= 0.3 is 0 Å². The van der Waals surface area contributed by atoms with Crippen molar-refractivity contribution in [2.75, 3.05) is 46.9 Å². The number of anilines is 1. The van der Waals surface area contributed by atoms with Crippen molar-refractivity contribution in [2.45, 2.75) is 33.2 Å². The van der Waals surface area contributed by atoms with Gasteiger partial charge in [0.2, 0.25) is 0 Å². The van der Waals surface area contributed by atoms with Gasteiger partial charge in [-0.15, -0.1) is 0 Å². The maximum absolute atomic E-state index is 13.7. The molecule has 1 amide bonds. The van der Waals surface area contributed by atoms with E-state index >= 15 is 0 Å². The first-order valence-corrected chi connectivity index (χ1v) is 15.2. The number of carbonyl (C=O) groups is 1. The molecule has 0 radical (unpaired) electrons. The van der Waals surface area contributed by atoms with Crippen molar-refractivity contribution in [1.82, 2.24) is 30.4 Å². The smallest absolute Gasteiger partial charge is 0.255 e. The Morgan fingerprint density at radius 1 is 1.06 bits per heavy atom. The number of nitrogens with zero attached hydrogens (tertiary/aromatic N) is 5. The molecule has 4 aromatic rings. The summed E-state index contributed by atoms with van der Waals surface area (Å²) in [5.41, 5.74) is 10.0. The molecule has 0 fully saturated rings. The highest BCUT2D eigenvalue weighted by molar-refractivity contribution is 6.07. The van der Waals surface area contributed by atoms with Gasteiger partial charge in [0.25, 0.3) is 5.91 Å². The number of hydrogen-bond acceptors (Lipinski definition) is 10. The Bertz CT molecular complexity index is 1670. The summed E-state index contributed by atoms with van der Waals surface area (Å²) < 4.78 is 29.5. The molecule has 4 N–H and O–H groups in total. The third-order valence-electron chi connectivity index (χ3n) is 6.62. The van der Waals surface area contributed by atoms with E-state index < -0.39 is 11.7 Å². The van der Waals surface area contributed by atoms with Crippen LogP contribution in [0.4, 0.5) is 10.2 Å². The van der Waals surface area contributed by atoms with Gasteiger partial charge in [-0.2, -0.15) is 5.10 Å². The van der Waals surface area contributed by atoms with Gasteiger partial charge in [-0.1, -0.05) is 38.1 Å². The number of aliphatic imine (C=N–C) groups is 1. The second-order valence-corrected chi connectivity index (χ2v) is 9.78. The number of fused-ring (bicyclic) bond motifs is 1. The average Bonchev–Trinajstić information content (AvgIpc) is 3.46. The molecular weight excluding hydrogens is 603 g/mol. The van der Waals surface area contributed by atoms with E-state index in [9.17, 15) is 9.18 Å². The Kier molecular flexibility index (Phi) is 15.0. The lowest BCUT2D eigenvalue weighted by Crippen LogP contribution is -2.23. The third kappa shape index (κ3) is 10.2. The molecule has 250 valence electrons. The van der Waals surface area contributed by atoms with Gasteiger partial charge in [-0.3, -0.25) is 9.79 Å². The predicted molar refractivity (Wildman–Crippen MR) is 184 cm³/mol. The number of amides is 1. The molecule has 0 spiro atoms. The van der Waals surface area contributed by atoms with Crippen LogP contribution in [0.2, 0.25) is 0 Å². The molecule has 13 heteroatoms. The van der Waals surface area contributed by atoms with Gasteiger partial charge in [0, 0.05) is 45.6 Å². The molecule has 0 unspecified atom stereocenters. The Hall–Kier alpha value is -5.14. The lowest BCUT2D eigenvalue weighted by molar-refractivity contribution is -0.00272. The van der Waals surface area contributed by atoms with Crippen LogP contribution >= 0.6 is 0 Å². The summed E-state index contributed by atoms with van der Waals surface area (Å²) in [6.07, 6.45) is 10.9. The van der Waals surface area contributed by atoms with Crippen molar-refractivity contribution in [3.8, 4) is 17.0 Å². The summed E-state index contributed by atoms with van der Waals surface area (Å²) in [5, 5.41) is 11.6. The number of ether oxygens (including phenoxy) is 3. The fraction of sp³-hybridized carbons (Fsp3) is 0.324. The Labute approximate surface area is 274 Å². The number of nitrogen functional groups attached to an aromatic ring is 1. The zero-order chi connectivity index (χ0) is 34.0. The van der Waals surface area contributed by atoms with E-state index in [1.165, 1.54) is 25.6 Å². The normalized spacial score (nSPS) is 14.6. The van der Waals surface area contributed by atoms with Crippen LogP contribution < -0.4 is 21.1 Å². The van der Waals surface area contributed by atoms with Crippen molar-refractivity contribution >= 4 is 34.7 Å². The van der Waals surface area contributed by atoms with Crippen LogP contribution in [0.3, 0.4) is 0 Å². The summed E-state index contributed by atoms with van der Waals surface area (Å²) in [5.74, 6) is -0.330. The molecule has 0 bridgehead atoms. The number of allylic oxidation sites excluding steroid dienone is 3. The molecule has 1 aliphatic heterocycles. The average molecular weight is 647 g/mol. The van der Waals surface area contributed by atoms with Crippen LogP contribution in [0.5, 0.6) is 5.75 Å². The fourth-order valence-corrected chi connectivity index (χ4v) is 4.44. The first-order valence-electron chi connectivity index (χ1n) is 15.2. The minimum absolute atomic E-state index is 0.131. The Morgan fingerprint density at radius 2 is 1.83 bits per heavy atom. The number of aromatic nitrogens is 4. The van der Waals surface area contributed by atoms with Gasteiger partial charge in [0.05, 0.1) is 23.8 Å². The highest BCUT2D eigenvalue weighted by Crippen LogP contribution is 2.31. The standard InChI is InChI=1S/C29H29FN8O2.C3H8O2.C2H6/c1-40-24-11-10-21(30)15-23(24)29(39)34-16-19-6-8-20(9-7-19)26-25-27(31)35-18-36-28(25)38(37-26)22-5-4-14-32-12-2-3-13-33-17-22;1-4-3-5-2;1-2/h4-11,14-15,17-18,32H,2-3,12-13,16H2,1H3,(H,34,39)(H2,31,35,36);3H2,1-2H3;1-2H3/b14-4+,22-5+,33-17?;;. The quantitative estimate of drug-likeness (QED) is 0.219. The van der Waals surface area contributed by atoms with Crippen LogP contribution in [-0.2, 0) is 16.0 Å². The highest BCUT2D eigenvalue weighted by Gasteiger charge is 2.19. The van der Waals surface area contributed by atoms with Crippen LogP contribution in [0.1, 0.15) is 42.6 Å². The number of nitrogens with one attached hydrogen (secondary N) is 2. The molecular formula is C34H43FN8O4. The second-order valence-electron chi connectivity index (χ2n) is 9.78. The zero-order valence-electron chi connectivity index (χ0n) is 27.5. The maximum Gasteiger partial charge on any atom is 0.255 e. The molecule has 1 aliphatic rings. The van der Waals surface area contributed by atoms with E-state index in [1.54, 1.807) is 25.1 Å². The van der Waals surface area contributed by atoms with Crippen molar-refractivity contribution in [1.29, 1.82) is 0 Å². The summed E-state index contributed by atoms with van der Waals surface area (Å²) in [4.78, 5) is 25.9. The molecule has 2 aromatic heterocycles. The highest BCUT2D eigenvalue weighted by atomic mass is 19.1. The first kappa shape index (κ1) is 36.3. The van der Waals surface area contributed by atoms with Gasteiger partial charge in [0.1, 0.15) is 36.2 Å². The van der Waals surface area contributed by atoms with Crippen molar-refractivity contribution in [2.24, 2.45) is 4.99 Å². The first-order chi connectivity index (χ1) is 23.0. The van der Waals surface area contributed by atoms with Gasteiger partial charge in [-0.05, 0) is 55.0 Å². The number of carbonyl (C=O) groups excluding carboxylic acids is 1. The monoisotopic (exact) mass is 646 g/mol. The number of hydrogen-bond donors (Lipinski definition) is 3. The Morgan fingerprint density at radius 3 is 2.53 bits per heavy atom. The SMILES string of the molecule is CC.COCOC.COc1ccc(F)cc1C(=O)NCc1ccc(-c2nn(/C3=C/C=C/NCCCCN=C3)c3ncnc(N)c23)cc1. The van der Waals surface area contributed by atoms with Crippen molar-refractivity contribution in [3.63, 3.8) is 0 Å². The number of nitrogens with two attached hydrogens (primary N) is 1. The summed E-state index contributed by atoms with van der Waals surface area (Å²) in [7, 11) is 4.61. The number of methoxy groups -OCH3 is 3. The molecule has 3 heterocycles. The second kappa shape index (κ2) is 19.4. The fourth-order valence-electron chi connectivity index (χ4n) is 4.44. The minimum Gasteiger partial charge on any atom is -0.496 e. The number of halogens is 1. The molecule has 0 saturated heterocycles. The van der Waals surface area contributed by atoms with Crippen LogP contribution in [0.25, 0.3) is 28.0 Å². The van der Waals surface area contributed by atoms with E-state index in [-0.39, 0.29) is 12.1 Å². The summed E-state index contributed by atoms with van der Waals surface area (Å²) >= 11 is 0. The molecule has 2 aromatic carbocycles. The van der Waals surface area contributed by atoms with Crippen molar-refractivity contribution < 1.29 is 23.4 Å².